The summed E-state index contributed by atoms with van der Waals surface area (Å²) in [6, 6.07) is 17.2. The zero-order chi connectivity index (χ0) is 24.3. The molecule has 2 N–H and O–H groups in total. The Morgan fingerprint density at radius 1 is 1.12 bits per heavy atom. The lowest BCUT2D eigenvalue weighted by Gasteiger charge is -2.20. The van der Waals surface area contributed by atoms with Gasteiger partial charge in [0.1, 0.15) is 17.9 Å². The Balaban J connectivity index is 1.55. The molecule has 9 nitrogen and oxygen atoms in total. The molecule has 2 heterocycles. The van der Waals surface area contributed by atoms with Gasteiger partial charge in [0, 0.05) is 11.1 Å². The molecule has 10 heteroatoms. The van der Waals surface area contributed by atoms with Crippen molar-refractivity contribution in [1.29, 1.82) is 5.26 Å². The number of aromatic nitrogens is 3. The highest BCUT2D eigenvalue weighted by Gasteiger charge is 2.26. The summed E-state index contributed by atoms with van der Waals surface area (Å²) in [5.41, 5.74) is 0.995. The van der Waals surface area contributed by atoms with Gasteiger partial charge in [-0.15, -0.1) is 0 Å². The van der Waals surface area contributed by atoms with Crippen molar-refractivity contribution < 1.29 is 23.3 Å². The van der Waals surface area contributed by atoms with Gasteiger partial charge >= 0.3 is 0 Å². The average molecular weight is 461 g/mol. The Labute approximate surface area is 193 Å². The number of aliphatic hydroxyl groups excluding tert-OH is 1. The van der Waals surface area contributed by atoms with Crippen LogP contribution in [0.15, 0.2) is 63.6 Å². The van der Waals surface area contributed by atoms with Crippen molar-refractivity contribution in [2.45, 2.75) is 32.2 Å². The first-order valence-electron chi connectivity index (χ1n) is 10.3. The fourth-order valence-corrected chi connectivity index (χ4v) is 3.23. The second kappa shape index (κ2) is 9.25. The number of benzene rings is 2. The minimum atomic E-state index is -1.46. The van der Waals surface area contributed by atoms with Crippen LogP contribution in [-0.2, 0) is 11.5 Å². The fraction of sp³-hybridized carbons (Fsp3) is 0.208. The highest BCUT2D eigenvalue weighted by molar-refractivity contribution is 5.83. The summed E-state index contributed by atoms with van der Waals surface area (Å²) in [5, 5.41) is 29.7. The van der Waals surface area contributed by atoms with Gasteiger partial charge in [0.05, 0.1) is 11.6 Å². The topological polar surface area (TPSA) is 138 Å². The summed E-state index contributed by atoms with van der Waals surface area (Å²) >= 11 is 0. The minimum Gasteiger partial charge on any atom is -0.378 e. The summed E-state index contributed by atoms with van der Waals surface area (Å²) in [4.78, 5) is 16.5. The average Bonchev–Trinajstić information content (AvgIpc) is 3.51. The van der Waals surface area contributed by atoms with Crippen LogP contribution in [0, 0.1) is 11.3 Å². The summed E-state index contributed by atoms with van der Waals surface area (Å²) in [7, 11) is 0. The standard InChI is InChI=1S/C24H20FN5O4/c1-24(2,13-26)28-22(32)19(31)15-8-10-16(11-9-15)21-27-23(34-30-21)20-17(12-25)18(29-33-20)14-6-4-3-5-7-14/h3-11,19,31H,12H2,1-2H3,(H,28,32). The maximum atomic E-state index is 13.8. The van der Waals surface area contributed by atoms with E-state index in [9.17, 15) is 14.3 Å². The van der Waals surface area contributed by atoms with Gasteiger partial charge in [0.2, 0.25) is 11.6 Å². The highest BCUT2D eigenvalue weighted by atomic mass is 19.1. The number of nitrogens with one attached hydrogen (secondary N) is 1. The fourth-order valence-electron chi connectivity index (χ4n) is 3.23. The summed E-state index contributed by atoms with van der Waals surface area (Å²) < 4.78 is 24.4. The van der Waals surface area contributed by atoms with E-state index >= 15 is 0 Å². The monoisotopic (exact) mass is 461 g/mol. The lowest BCUT2D eigenvalue weighted by Crippen LogP contribution is -2.44. The van der Waals surface area contributed by atoms with E-state index in [-0.39, 0.29) is 23.0 Å². The number of alkyl halides is 1. The van der Waals surface area contributed by atoms with Gasteiger partial charge in [0.25, 0.3) is 11.8 Å². The molecule has 4 rings (SSSR count). The van der Waals surface area contributed by atoms with Crippen molar-refractivity contribution in [2.75, 3.05) is 0 Å². The lowest BCUT2D eigenvalue weighted by atomic mass is 10.0. The van der Waals surface area contributed by atoms with E-state index in [0.29, 0.717) is 22.4 Å². The molecule has 0 aliphatic carbocycles. The highest BCUT2D eigenvalue weighted by Crippen LogP contribution is 2.33. The molecule has 0 radical (unpaired) electrons. The Kier molecular flexibility index (Phi) is 6.21. The first kappa shape index (κ1) is 22.8. The molecule has 1 unspecified atom stereocenters. The van der Waals surface area contributed by atoms with Crippen LogP contribution in [0.3, 0.4) is 0 Å². The number of hydrogen-bond acceptors (Lipinski definition) is 8. The van der Waals surface area contributed by atoms with E-state index in [1.54, 1.807) is 24.3 Å². The van der Waals surface area contributed by atoms with Gasteiger partial charge in [-0.25, -0.2) is 4.39 Å². The molecule has 0 aliphatic heterocycles. The van der Waals surface area contributed by atoms with Crippen LogP contribution >= 0.6 is 0 Å². The van der Waals surface area contributed by atoms with Gasteiger partial charge in [-0.1, -0.05) is 64.9 Å². The van der Waals surface area contributed by atoms with Crippen molar-refractivity contribution in [3.63, 3.8) is 0 Å². The Bertz CT molecular complexity index is 1340. The number of nitrogens with zero attached hydrogens (tertiary/aromatic N) is 4. The van der Waals surface area contributed by atoms with Crippen LogP contribution in [0.4, 0.5) is 4.39 Å². The molecule has 2 aromatic carbocycles. The van der Waals surface area contributed by atoms with Crippen molar-refractivity contribution in [2.24, 2.45) is 0 Å². The van der Waals surface area contributed by atoms with Gasteiger partial charge in [-0.3, -0.25) is 4.79 Å². The third-order valence-corrected chi connectivity index (χ3v) is 5.04. The molecule has 0 spiro atoms. The van der Waals surface area contributed by atoms with Crippen molar-refractivity contribution in [3.8, 4) is 40.4 Å². The van der Waals surface area contributed by atoms with Gasteiger partial charge < -0.3 is 19.5 Å². The number of carbonyl (C=O) groups is 1. The number of halogens is 1. The Hall–Kier alpha value is -4.36. The number of nitriles is 1. The molecule has 1 amide bonds. The summed E-state index contributed by atoms with van der Waals surface area (Å²) in [5.74, 6) is -0.475. The molecule has 0 bridgehead atoms. The molecule has 2 aromatic heterocycles. The maximum absolute atomic E-state index is 13.8. The van der Waals surface area contributed by atoms with Crippen LogP contribution in [-0.4, -0.2) is 31.8 Å². The largest absolute Gasteiger partial charge is 0.378 e. The number of carbonyl (C=O) groups excluding carboxylic acids is 1. The quantitative estimate of drug-likeness (QED) is 0.421. The molecule has 0 saturated carbocycles. The van der Waals surface area contributed by atoms with E-state index < -0.39 is 24.2 Å². The van der Waals surface area contributed by atoms with Gasteiger partial charge in [-0.05, 0) is 19.4 Å². The smallest absolute Gasteiger partial charge is 0.297 e. The van der Waals surface area contributed by atoms with E-state index in [2.05, 4.69) is 20.6 Å². The Morgan fingerprint density at radius 2 is 1.82 bits per heavy atom. The van der Waals surface area contributed by atoms with Crippen molar-refractivity contribution >= 4 is 5.91 Å². The van der Waals surface area contributed by atoms with Crippen molar-refractivity contribution in [1.82, 2.24) is 20.6 Å². The second-order valence-corrected chi connectivity index (χ2v) is 8.01. The first-order chi connectivity index (χ1) is 16.3. The van der Waals surface area contributed by atoms with Crippen LogP contribution in [0.25, 0.3) is 34.3 Å². The Morgan fingerprint density at radius 3 is 2.47 bits per heavy atom. The molecule has 172 valence electrons. The predicted octanol–water partition coefficient (Wildman–Crippen LogP) is 3.98. The van der Waals surface area contributed by atoms with Crippen LogP contribution < -0.4 is 5.32 Å². The SMILES string of the molecule is CC(C)(C#N)NC(=O)C(O)c1ccc(-c2noc(-c3onc(-c4ccccc4)c3CF)n2)cc1. The maximum Gasteiger partial charge on any atom is 0.297 e. The van der Waals surface area contributed by atoms with E-state index in [4.69, 9.17) is 14.3 Å². The first-order valence-corrected chi connectivity index (χ1v) is 10.3. The molecule has 0 aliphatic rings. The lowest BCUT2D eigenvalue weighted by molar-refractivity contribution is -0.130. The molecule has 4 aromatic rings. The van der Waals surface area contributed by atoms with E-state index in [1.807, 2.05) is 24.3 Å². The van der Waals surface area contributed by atoms with E-state index in [0.717, 1.165) is 0 Å². The van der Waals surface area contributed by atoms with Crippen LogP contribution in [0.2, 0.25) is 0 Å². The third-order valence-electron chi connectivity index (χ3n) is 5.04. The summed E-state index contributed by atoms with van der Waals surface area (Å²) in [6.45, 7) is 2.22. The molecular weight excluding hydrogens is 441 g/mol. The molecule has 34 heavy (non-hydrogen) atoms. The molecule has 1 atom stereocenters. The third kappa shape index (κ3) is 4.55. The zero-order valence-electron chi connectivity index (χ0n) is 18.3. The summed E-state index contributed by atoms with van der Waals surface area (Å²) in [6.07, 6.45) is -1.46. The van der Waals surface area contributed by atoms with Crippen LogP contribution in [0.1, 0.15) is 31.1 Å². The van der Waals surface area contributed by atoms with E-state index in [1.165, 1.54) is 26.0 Å². The molecule has 0 fully saturated rings. The second-order valence-electron chi connectivity index (χ2n) is 8.01. The van der Waals surface area contributed by atoms with Gasteiger partial charge in [0.15, 0.2) is 6.10 Å². The normalized spacial score (nSPS) is 12.2. The van der Waals surface area contributed by atoms with Gasteiger partial charge in [-0.2, -0.15) is 10.2 Å². The number of hydrogen-bond donors (Lipinski definition) is 2. The number of aliphatic hydroxyl groups is 1. The minimum absolute atomic E-state index is 0.0282. The number of amides is 1. The molecule has 0 saturated heterocycles. The number of rotatable bonds is 7. The predicted molar refractivity (Wildman–Crippen MR) is 118 cm³/mol. The van der Waals surface area contributed by atoms with Crippen LogP contribution in [0.5, 0.6) is 0 Å². The molecular formula is C24H20FN5O4. The van der Waals surface area contributed by atoms with Crippen molar-refractivity contribution in [3.05, 3.63) is 65.7 Å². The zero-order valence-corrected chi connectivity index (χ0v) is 18.3.